The van der Waals surface area contributed by atoms with E-state index in [1.165, 1.54) is 0 Å². The number of hydrogen-bond donors (Lipinski definition) is 0. The summed E-state index contributed by atoms with van der Waals surface area (Å²) in [6.45, 7) is 4.03. The average Bonchev–Trinajstić information content (AvgIpc) is 2.24. The molecule has 0 aromatic carbocycles. The summed E-state index contributed by atoms with van der Waals surface area (Å²) in [4.78, 5) is 22.5. The minimum absolute atomic E-state index is 0.205. The highest BCUT2D eigenvalue weighted by atomic mass is 19.4. The van der Waals surface area contributed by atoms with Crippen LogP contribution in [0.5, 0.6) is 0 Å². The van der Waals surface area contributed by atoms with Gasteiger partial charge in [0.05, 0.1) is 6.54 Å². The Morgan fingerprint density at radius 1 is 1.35 bits per heavy atom. The van der Waals surface area contributed by atoms with Gasteiger partial charge in [-0.15, -0.1) is 0 Å². The van der Waals surface area contributed by atoms with E-state index in [4.69, 9.17) is 4.74 Å². The summed E-state index contributed by atoms with van der Waals surface area (Å²) in [5, 5.41) is 10.8. The van der Waals surface area contributed by atoms with Crippen molar-refractivity contribution in [2.45, 2.75) is 45.0 Å². The quantitative estimate of drug-likeness (QED) is 0.550. The van der Waals surface area contributed by atoms with Crippen LogP contribution in [-0.4, -0.2) is 46.8 Å². The van der Waals surface area contributed by atoms with E-state index in [0.29, 0.717) is 0 Å². The predicted octanol–water partition coefficient (Wildman–Crippen LogP) is 2.45. The topological polar surface area (TPSA) is 72.7 Å². The van der Waals surface area contributed by atoms with Crippen molar-refractivity contribution in [2.75, 3.05) is 13.1 Å². The maximum absolute atomic E-state index is 12.7. The number of ether oxygens (including phenoxy) is 1. The highest BCUT2D eigenvalue weighted by Gasteiger charge is 2.53. The van der Waals surface area contributed by atoms with E-state index in [0.717, 1.165) is 4.90 Å². The molecule has 2 atom stereocenters. The molecular weight excluding hydrogens is 281 g/mol. The van der Waals surface area contributed by atoms with E-state index >= 15 is 0 Å². The average molecular weight is 298 g/mol. The lowest BCUT2D eigenvalue weighted by Gasteiger charge is -2.35. The molecule has 0 aliphatic carbocycles. The molecule has 0 saturated carbocycles. The summed E-state index contributed by atoms with van der Waals surface area (Å²) in [6, 6.07) is -1.85. The van der Waals surface area contributed by atoms with Crippen molar-refractivity contribution in [3.05, 3.63) is 10.1 Å². The summed E-state index contributed by atoms with van der Waals surface area (Å²) < 4.78 is 43.1. The highest BCUT2D eigenvalue weighted by Crippen LogP contribution is 2.35. The standard InChI is InChI=1S/C11H17F3N2O4/c1-10(2,3)20-9(17)15-5-4-7(11(12,13)14)8(6-15)16(18)19/h7-8H,4-6H2,1-3H3/t7-,8+/m1/s1. The number of piperidine rings is 1. The zero-order valence-electron chi connectivity index (χ0n) is 11.4. The molecule has 1 saturated heterocycles. The van der Waals surface area contributed by atoms with E-state index in [9.17, 15) is 28.1 Å². The van der Waals surface area contributed by atoms with Gasteiger partial charge < -0.3 is 9.64 Å². The number of hydrogen-bond acceptors (Lipinski definition) is 4. The second-order valence-electron chi connectivity index (χ2n) is 5.72. The third kappa shape index (κ3) is 4.24. The van der Waals surface area contributed by atoms with E-state index in [-0.39, 0.29) is 6.54 Å². The minimum Gasteiger partial charge on any atom is -0.444 e. The van der Waals surface area contributed by atoms with Crippen molar-refractivity contribution in [1.29, 1.82) is 0 Å². The lowest BCUT2D eigenvalue weighted by molar-refractivity contribution is -0.544. The van der Waals surface area contributed by atoms with Gasteiger partial charge in [0.15, 0.2) is 0 Å². The molecular formula is C11H17F3N2O4. The maximum atomic E-state index is 12.7. The van der Waals surface area contributed by atoms with Crippen LogP contribution in [0.25, 0.3) is 0 Å². The Labute approximate surface area is 114 Å². The van der Waals surface area contributed by atoms with Crippen LogP contribution in [0, 0.1) is 16.0 Å². The molecule has 0 radical (unpaired) electrons. The van der Waals surface area contributed by atoms with Crippen LogP contribution in [0.1, 0.15) is 27.2 Å². The van der Waals surface area contributed by atoms with Crippen molar-refractivity contribution < 1.29 is 27.6 Å². The zero-order chi connectivity index (χ0) is 15.7. The number of halogens is 3. The van der Waals surface area contributed by atoms with Crippen molar-refractivity contribution in [2.24, 2.45) is 5.92 Å². The van der Waals surface area contributed by atoms with Gasteiger partial charge in [-0.1, -0.05) is 0 Å². The van der Waals surface area contributed by atoms with Crippen molar-refractivity contribution in [3.63, 3.8) is 0 Å². The smallest absolute Gasteiger partial charge is 0.410 e. The molecule has 0 bridgehead atoms. The monoisotopic (exact) mass is 298 g/mol. The Bertz CT molecular complexity index is 392. The van der Waals surface area contributed by atoms with Gasteiger partial charge >= 0.3 is 12.3 Å². The number of alkyl halides is 3. The predicted molar refractivity (Wildman–Crippen MR) is 62.8 cm³/mol. The van der Waals surface area contributed by atoms with Crippen molar-refractivity contribution in [3.8, 4) is 0 Å². The van der Waals surface area contributed by atoms with Crippen LogP contribution >= 0.6 is 0 Å². The number of nitrogens with zero attached hydrogens (tertiary/aromatic N) is 2. The van der Waals surface area contributed by atoms with E-state index in [1.807, 2.05) is 0 Å². The molecule has 116 valence electrons. The van der Waals surface area contributed by atoms with Crippen LogP contribution < -0.4 is 0 Å². The molecule has 1 aliphatic rings. The number of rotatable bonds is 1. The number of nitro groups is 1. The first kappa shape index (κ1) is 16.5. The summed E-state index contributed by atoms with van der Waals surface area (Å²) >= 11 is 0. The first-order valence-corrected chi connectivity index (χ1v) is 6.10. The van der Waals surface area contributed by atoms with E-state index in [1.54, 1.807) is 20.8 Å². The van der Waals surface area contributed by atoms with Gasteiger partial charge in [-0.05, 0) is 27.2 Å². The van der Waals surface area contributed by atoms with Gasteiger partial charge in [0.25, 0.3) is 0 Å². The van der Waals surface area contributed by atoms with Crippen LogP contribution in [0.3, 0.4) is 0 Å². The number of carbonyl (C=O) groups is 1. The molecule has 1 heterocycles. The zero-order valence-corrected chi connectivity index (χ0v) is 11.4. The fourth-order valence-corrected chi connectivity index (χ4v) is 2.02. The third-order valence-corrected chi connectivity index (χ3v) is 2.92. The number of likely N-dealkylation sites (tertiary alicyclic amines) is 1. The Morgan fingerprint density at radius 3 is 2.30 bits per heavy atom. The van der Waals surface area contributed by atoms with Crippen molar-refractivity contribution in [1.82, 2.24) is 4.90 Å². The van der Waals surface area contributed by atoms with Gasteiger partial charge in [-0.25, -0.2) is 4.79 Å². The summed E-state index contributed by atoms with van der Waals surface area (Å²) in [5.41, 5.74) is -0.803. The van der Waals surface area contributed by atoms with Crippen LogP contribution in [0.2, 0.25) is 0 Å². The van der Waals surface area contributed by atoms with Crippen LogP contribution in [0.4, 0.5) is 18.0 Å². The molecule has 0 aromatic rings. The van der Waals surface area contributed by atoms with E-state index < -0.39 is 47.7 Å². The largest absolute Gasteiger partial charge is 0.444 e. The molecule has 1 aliphatic heterocycles. The molecule has 0 aromatic heterocycles. The molecule has 0 unspecified atom stereocenters. The molecule has 0 spiro atoms. The summed E-state index contributed by atoms with van der Waals surface area (Å²) in [6.07, 6.45) is -5.96. The van der Waals surface area contributed by atoms with Crippen LogP contribution in [0.15, 0.2) is 0 Å². The van der Waals surface area contributed by atoms with Crippen molar-refractivity contribution >= 4 is 6.09 Å². The third-order valence-electron chi connectivity index (χ3n) is 2.92. The second-order valence-corrected chi connectivity index (χ2v) is 5.72. The molecule has 1 fully saturated rings. The van der Waals surface area contributed by atoms with Gasteiger partial charge in [0.2, 0.25) is 6.04 Å². The number of amides is 1. The molecule has 9 heteroatoms. The highest BCUT2D eigenvalue weighted by molar-refractivity contribution is 5.68. The Balaban J connectivity index is 2.79. The first-order valence-electron chi connectivity index (χ1n) is 6.10. The lowest BCUT2D eigenvalue weighted by atomic mass is 9.91. The second kappa shape index (κ2) is 5.45. The molecule has 1 rings (SSSR count). The SMILES string of the molecule is CC(C)(C)OC(=O)N1CC[C@@H](C(F)(F)F)[C@@H]([N+](=O)[O-])C1. The normalized spacial score (nSPS) is 24.4. The summed E-state index contributed by atoms with van der Waals surface area (Å²) in [5.74, 6) is -2.03. The first-order chi connectivity index (χ1) is 8.92. The fraction of sp³-hybridized carbons (Fsp3) is 0.909. The lowest BCUT2D eigenvalue weighted by Crippen LogP contribution is -2.54. The van der Waals surface area contributed by atoms with Gasteiger partial charge in [0.1, 0.15) is 11.5 Å². The van der Waals surface area contributed by atoms with Crippen LogP contribution in [-0.2, 0) is 4.74 Å². The summed E-state index contributed by atoms with van der Waals surface area (Å²) in [7, 11) is 0. The van der Waals surface area contributed by atoms with Gasteiger partial charge in [0, 0.05) is 11.5 Å². The molecule has 1 amide bonds. The Kier molecular flexibility index (Phi) is 4.50. The van der Waals surface area contributed by atoms with Gasteiger partial charge in [-0.3, -0.25) is 10.1 Å². The molecule has 0 N–H and O–H groups in total. The minimum atomic E-state index is -4.64. The van der Waals surface area contributed by atoms with E-state index in [2.05, 4.69) is 0 Å². The Hall–Kier alpha value is -1.54. The number of carbonyl (C=O) groups excluding carboxylic acids is 1. The molecule has 20 heavy (non-hydrogen) atoms. The van der Waals surface area contributed by atoms with Gasteiger partial charge in [-0.2, -0.15) is 13.2 Å². The fourth-order valence-electron chi connectivity index (χ4n) is 2.02. The maximum Gasteiger partial charge on any atom is 0.410 e. The molecule has 6 nitrogen and oxygen atoms in total. The Morgan fingerprint density at radius 2 is 1.90 bits per heavy atom.